The van der Waals surface area contributed by atoms with Gasteiger partial charge in [0.05, 0.1) is 8.07 Å². The molecule has 0 spiro atoms. The van der Waals surface area contributed by atoms with Gasteiger partial charge in [-0.2, -0.15) is 41.1 Å². The first kappa shape index (κ1) is 32.6. The van der Waals surface area contributed by atoms with Gasteiger partial charge >= 0.3 is 34.9 Å². The summed E-state index contributed by atoms with van der Waals surface area (Å²) in [5.41, 5.74) is 8.71. The Morgan fingerprint density at radius 2 is 1.33 bits per heavy atom. The van der Waals surface area contributed by atoms with Crippen LogP contribution in [0.25, 0.3) is 11.1 Å². The maximum absolute atomic E-state index is 3.73. The number of halogens is 2. The number of rotatable bonds is 2. The van der Waals surface area contributed by atoms with E-state index in [4.69, 9.17) is 0 Å². The second-order valence-corrected chi connectivity index (χ2v) is 21.9. The minimum Gasteiger partial charge on any atom is -1.00 e. The molecule has 178 valence electrons. The van der Waals surface area contributed by atoms with Crippen LogP contribution in [-0.2, 0) is 30.7 Å². The first-order valence-electron chi connectivity index (χ1n) is 11.2. The second-order valence-electron chi connectivity index (χ2n) is 10.5. The smallest absolute Gasteiger partial charge is 0.0779 e. The van der Waals surface area contributed by atoms with Crippen LogP contribution < -0.4 is 35.2 Å². The van der Waals surface area contributed by atoms with Crippen LogP contribution in [0.15, 0.2) is 48.5 Å². The quantitative estimate of drug-likeness (QED) is 0.236. The molecular weight excluding hydrogens is 555 g/mol. The summed E-state index contributed by atoms with van der Waals surface area (Å²) in [6, 6.07) is 21.2. The Morgan fingerprint density at radius 1 is 0.848 bits per heavy atom. The van der Waals surface area contributed by atoms with Crippen LogP contribution in [0, 0.1) is 19.9 Å². The summed E-state index contributed by atoms with van der Waals surface area (Å²) in [4.78, 5) is 0. The van der Waals surface area contributed by atoms with Gasteiger partial charge in [0.1, 0.15) is 0 Å². The summed E-state index contributed by atoms with van der Waals surface area (Å²) >= 11 is 1.51. The Balaban J connectivity index is 0.000000878. The third-order valence-electron chi connectivity index (χ3n) is 5.64. The van der Waals surface area contributed by atoms with Crippen LogP contribution in [0.1, 0.15) is 29.2 Å². The molecule has 0 unspecified atom stereocenters. The third kappa shape index (κ3) is 8.62. The molecule has 3 aromatic carbocycles. The van der Waals surface area contributed by atoms with Gasteiger partial charge in [0.25, 0.3) is 0 Å². The molecule has 33 heavy (non-hydrogen) atoms. The summed E-state index contributed by atoms with van der Waals surface area (Å²) in [5, 5.41) is 3.18. The van der Waals surface area contributed by atoms with Crippen LogP contribution in [0.4, 0.5) is 0 Å². The number of hydrogen-bond donors (Lipinski definition) is 0. The number of hydrogen-bond acceptors (Lipinski definition) is 0. The molecule has 4 rings (SSSR count). The van der Waals surface area contributed by atoms with Crippen molar-refractivity contribution in [2.24, 2.45) is 0 Å². The van der Waals surface area contributed by atoms with Crippen LogP contribution in [0.2, 0.25) is 39.3 Å². The van der Waals surface area contributed by atoms with Gasteiger partial charge in [-0.05, 0) is 18.9 Å². The first-order valence-corrected chi connectivity index (χ1v) is 19.6. The summed E-state index contributed by atoms with van der Waals surface area (Å²) < 4.78 is 2.09. The Kier molecular flexibility index (Phi) is 13.4. The largest absolute Gasteiger partial charge is 1.00 e. The van der Waals surface area contributed by atoms with Crippen molar-refractivity contribution in [2.75, 3.05) is 0 Å². The van der Waals surface area contributed by atoms with Gasteiger partial charge in [0.15, 0.2) is 0 Å². The van der Waals surface area contributed by atoms with E-state index in [0.717, 1.165) is 6.42 Å². The Morgan fingerprint density at radius 3 is 1.76 bits per heavy atom. The van der Waals surface area contributed by atoms with Crippen molar-refractivity contribution < 1.29 is 49.0 Å². The number of benzene rings is 2. The summed E-state index contributed by atoms with van der Waals surface area (Å²) in [5.74, 6) is 0. The average Bonchev–Trinajstić information content (AvgIpc) is 3.30. The first-order chi connectivity index (χ1) is 14.4. The van der Waals surface area contributed by atoms with Gasteiger partial charge in [-0.15, -0.1) is 11.1 Å². The molecular formula is C28H38Cl2Si2Zr-2. The van der Waals surface area contributed by atoms with Crippen molar-refractivity contribution in [1.82, 2.24) is 0 Å². The van der Waals surface area contributed by atoms with E-state index in [9.17, 15) is 0 Å². The topological polar surface area (TPSA) is 0 Å². The predicted octanol–water partition coefficient (Wildman–Crippen LogP) is 0.534. The van der Waals surface area contributed by atoms with E-state index in [1.165, 1.54) is 57.6 Å². The van der Waals surface area contributed by atoms with Gasteiger partial charge in [0.2, 0.25) is 0 Å². The van der Waals surface area contributed by atoms with Crippen molar-refractivity contribution in [3.63, 3.8) is 0 Å². The van der Waals surface area contributed by atoms with Gasteiger partial charge < -0.3 is 24.8 Å². The van der Waals surface area contributed by atoms with Gasteiger partial charge in [-0.3, -0.25) is 0 Å². The molecule has 0 saturated carbocycles. The molecule has 0 heterocycles. The van der Waals surface area contributed by atoms with Gasteiger partial charge in [-0.1, -0.05) is 74.7 Å². The van der Waals surface area contributed by atoms with E-state index in [0.29, 0.717) is 0 Å². The Hall–Kier alpha value is -0.443. The number of aryl methyl sites for hydroxylation is 2. The maximum atomic E-state index is 3.73. The summed E-state index contributed by atoms with van der Waals surface area (Å²) in [6.07, 6.45) is 1.06. The fourth-order valence-corrected chi connectivity index (χ4v) is 7.94. The minimum absolute atomic E-state index is 0. The molecule has 0 atom stereocenters. The van der Waals surface area contributed by atoms with E-state index in [-0.39, 0.29) is 24.8 Å². The summed E-state index contributed by atoms with van der Waals surface area (Å²) in [7, 11) is -2.63. The molecule has 3 aromatic rings. The molecule has 0 aromatic heterocycles. The molecule has 0 amide bonds. The Labute approximate surface area is 232 Å². The minimum atomic E-state index is -1.33. The molecule has 5 heteroatoms. The SMILES string of the molecule is C[CH]=[Zr+2].Cc1[c-]c2c(cc1[Si](C)(C)C)-c1cc([Si](C)(C)C)c(C)cc1C2.[Cl-].[Cl-].c1cc[cH-]c1. The van der Waals surface area contributed by atoms with E-state index >= 15 is 0 Å². The van der Waals surface area contributed by atoms with Crippen molar-refractivity contribution >= 4 is 30.2 Å². The van der Waals surface area contributed by atoms with Crippen LogP contribution in [0.3, 0.4) is 0 Å². The maximum Gasteiger partial charge on any atom is 0.0779 e. The molecule has 0 fully saturated rings. The Bertz CT molecular complexity index is 943. The van der Waals surface area contributed by atoms with Crippen molar-refractivity contribution in [3.8, 4) is 11.1 Å². The van der Waals surface area contributed by atoms with Crippen molar-refractivity contribution in [2.45, 2.75) is 66.5 Å². The van der Waals surface area contributed by atoms with E-state index in [2.05, 4.69) is 81.1 Å². The van der Waals surface area contributed by atoms with E-state index < -0.39 is 16.1 Å². The summed E-state index contributed by atoms with van der Waals surface area (Å²) in [6.45, 7) is 21.2. The van der Waals surface area contributed by atoms with Crippen molar-refractivity contribution in [3.05, 3.63) is 76.9 Å². The molecule has 1 aliphatic carbocycles. The van der Waals surface area contributed by atoms with Crippen molar-refractivity contribution in [1.29, 1.82) is 0 Å². The normalized spacial score (nSPS) is 11.4. The molecule has 0 saturated heterocycles. The van der Waals surface area contributed by atoms with Crippen LogP contribution in [0.5, 0.6) is 0 Å². The second kappa shape index (κ2) is 13.6. The molecule has 0 aliphatic heterocycles. The zero-order valence-electron chi connectivity index (χ0n) is 21.7. The molecule has 0 bridgehead atoms. The van der Waals surface area contributed by atoms with E-state index in [1.807, 2.05) is 37.3 Å². The zero-order chi connectivity index (χ0) is 23.4. The fourth-order valence-electron chi connectivity index (χ4n) is 4.34. The standard InChI is InChI=1S/C21H29Si2.C5H5.C2H4.2ClH.Zr/c1-14-9-16-11-17-10-15(2)21(23(6,7)8)13-19(17)18(16)12-20(14)22(3,4)5;1-2-4-5-3-1;1-2;;;/h9,12-13H,11H2,1-8H3;1-5H;1H,2H3;2*1H;/q2*-1;;;;+2/p-2. The van der Waals surface area contributed by atoms with Crippen LogP contribution in [-0.4, -0.2) is 19.9 Å². The molecule has 0 radical (unpaired) electrons. The predicted molar refractivity (Wildman–Crippen MR) is 143 cm³/mol. The van der Waals surface area contributed by atoms with E-state index in [1.54, 1.807) is 10.4 Å². The molecule has 0 nitrogen and oxygen atoms in total. The average molecular weight is 593 g/mol. The van der Waals surface area contributed by atoms with Gasteiger partial charge in [-0.25, -0.2) is 12.1 Å². The van der Waals surface area contributed by atoms with Gasteiger partial charge in [0, 0.05) is 8.07 Å². The van der Waals surface area contributed by atoms with Crippen LogP contribution >= 0.6 is 0 Å². The zero-order valence-corrected chi connectivity index (χ0v) is 27.6. The molecule has 1 aliphatic rings. The monoisotopic (exact) mass is 590 g/mol. The fraction of sp³-hybridized carbons (Fsp3) is 0.357. The third-order valence-corrected chi connectivity index (χ3v) is 9.93. The molecule has 0 N–H and O–H groups in total. The number of fused-ring (bicyclic) bond motifs is 3.